The molecular formula is C14H20N2O2. The zero-order chi connectivity index (χ0) is 13.1. The van der Waals surface area contributed by atoms with E-state index in [9.17, 15) is 9.59 Å². The Morgan fingerprint density at radius 3 is 2.89 bits per heavy atom. The van der Waals surface area contributed by atoms with Gasteiger partial charge in [0.1, 0.15) is 0 Å². The number of nitrogens with zero attached hydrogens (tertiary/aromatic N) is 2. The standard InChI is InChI=1S/C14H20N2O2/c1-3-5-11-8-14(18)16(9-11)10-13(17)12-6-4-7-15(12)2/h4,6-7,11H,3,5,8-10H2,1-2H3. The average molecular weight is 248 g/mol. The van der Waals surface area contributed by atoms with Crippen molar-refractivity contribution in [1.82, 2.24) is 9.47 Å². The third kappa shape index (κ3) is 2.63. The van der Waals surface area contributed by atoms with Gasteiger partial charge in [-0.05, 0) is 24.5 Å². The van der Waals surface area contributed by atoms with Crippen molar-refractivity contribution in [3.8, 4) is 0 Å². The summed E-state index contributed by atoms with van der Waals surface area (Å²) in [6.45, 7) is 3.09. The molecule has 1 atom stereocenters. The predicted molar refractivity (Wildman–Crippen MR) is 69.3 cm³/mol. The van der Waals surface area contributed by atoms with Crippen LogP contribution >= 0.6 is 0 Å². The Bertz CT molecular complexity index is 450. The molecule has 1 saturated heterocycles. The van der Waals surface area contributed by atoms with Crippen molar-refractivity contribution in [2.45, 2.75) is 26.2 Å². The molecule has 2 heterocycles. The maximum Gasteiger partial charge on any atom is 0.223 e. The summed E-state index contributed by atoms with van der Waals surface area (Å²) in [4.78, 5) is 25.6. The normalized spacial score (nSPS) is 19.6. The van der Waals surface area contributed by atoms with Crippen LogP contribution in [0.15, 0.2) is 18.3 Å². The van der Waals surface area contributed by atoms with E-state index >= 15 is 0 Å². The summed E-state index contributed by atoms with van der Waals surface area (Å²) in [7, 11) is 1.85. The number of likely N-dealkylation sites (tertiary alicyclic amines) is 1. The van der Waals surface area contributed by atoms with Crippen LogP contribution in [0, 0.1) is 5.92 Å². The average Bonchev–Trinajstić information content (AvgIpc) is 2.87. The molecule has 0 aromatic carbocycles. The van der Waals surface area contributed by atoms with E-state index in [0.29, 0.717) is 18.0 Å². The van der Waals surface area contributed by atoms with Crippen molar-refractivity contribution in [3.05, 3.63) is 24.0 Å². The second-order valence-corrected chi connectivity index (χ2v) is 5.06. The van der Waals surface area contributed by atoms with E-state index in [0.717, 1.165) is 19.4 Å². The van der Waals surface area contributed by atoms with E-state index < -0.39 is 0 Å². The molecular weight excluding hydrogens is 228 g/mol. The summed E-state index contributed by atoms with van der Waals surface area (Å²) in [6, 6.07) is 3.64. The van der Waals surface area contributed by atoms with E-state index in [1.807, 2.05) is 19.3 Å². The fourth-order valence-corrected chi connectivity index (χ4v) is 2.61. The van der Waals surface area contributed by atoms with E-state index in [4.69, 9.17) is 0 Å². The van der Waals surface area contributed by atoms with Crippen LogP contribution in [-0.4, -0.2) is 34.2 Å². The number of carbonyl (C=O) groups excluding carboxylic acids is 2. The Balaban J connectivity index is 1.96. The van der Waals surface area contributed by atoms with Crippen LogP contribution in [0.3, 0.4) is 0 Å². The van der Waals surface area contributed by atoms with Crippen LogP contribution in [0.2, 0.25) is 0 Å². The number of hydrogen-bond donors (Lipinski definition) is 0. The molecule has 18 heavy (non-hydrogen) atoms. The molecule has 4 nitrogen and oxygen atoms in total. The van der Waals surface area contributed by atoms with Gasteiger partial charge in [-0.25, -0.2) is 0 Å². The minimum atomic E-state index is 0.0213. The Hall–Kier alpha value is -1.58. The number of aromatic nitrogens is 1. The van der Waals surface area contributed by atoms with E-state index in [1.54, 1.807) is 15.5 Å². The summed E-state index contributed by atoms with van der Waals surface area (Å²) in [5.41, 5.74) is 0.668. The maximum absolute atomic E-state index is 12.1. The Kier molecular flexibility index (Phi) is 3.84. The van der Waals surface area contributed by atoms with Gasteiger partial charge in [0.05, 0.1) is 12.2 Å². The highest BCUT2D eigenvalue weighted by Gasteiger charge is 2.30. The van der Waals surface area contributed by atoms with Gasteiger partial charge in [-0.1, -0.05) is 13.3 Å². The van der Waals surface area contributed by atoms with Gasteiger partial charge >= 0.3 is 0 Å². The number of amides is 1. The topological polar surface area (TPSA) is 42.3 Å². The molecule has 4 heteroatoms. The summed E-state index contributed by atoms with van der Waals surface area (Å²) in [5, 5.41) is 0. The molecule has 2 rings (SSSR count). The van der Waals surface area contributed by atoms with Crippen LogP contribution in [-0.2, 0) is 11.8 Å². The minimum Gasteiger partial charge on any atom is -0.348 e. The second-order valence-electron chi connectivity index (χ2n) is 5.06. The molecule has 1 aliphatic heterocycles. The van der Waals surface area contributed by atoms with Crippen molar-refractivity contribution >= 4 is 11.7 Å². The first-order valence-electron chi connectivity index (χ1n) is 6.54. The molecule has 1 aliphatic rings. The molecule has 0 N–H and O–H groups in total. The second kappa shape index (κ2) is 5.38. The summed E-state index contributed by atoms with van der Waals surface area (Å²) < 4.78 is 1.80. The fraction of sp³-hybridized carbons (Fsp3) is 0.571. The zero-order valence-electron chi connectivity index (χ0n) is 11.1. The van der Waals surface area contributed by atoms with E-state index in [-0.39, 0.29) is 18.2 Å². The molecule has 1 aromatic rings. The van der Waals surface area contributed by atoms with Crippen molar-refractivity contribution < 1.29 is 9.59 Å². The lowest BCUT2D eigenvalue weighted by Crippen LogP contribution is -2.32. The quantitative estimate of drug-likeness (QED) is 0.746. The summed E-state index contributed by atoms with van der Waals surface area (Å²) in [5.74, 6) is 0.577. The molecule has 1 fully saturated rings. The molecule has 0 spiro atoms. The van der Waals surface area contributed by atoms with E-state index in [2.05, 4.69) is 6.92 Å². The van der Waals surface area contributed by atoms with Gasteiger partial charge in [0.2, 0.25) is 5.91 Å². The first-order chi connectivity index (χ1) is 8.61. The molecule has 1 aromatic heterocycles. The molecule has 0 aliphatic carbocycles. The van der Waals surface area contributed by atoms with Crippen molar-refractivity contribution in [1.29, 1.82) is 0 Å². The smallest absolute Gasteiger partial charge is 0.223 e. The Morgan fingerprint density at radius 1 is 1.50 bits per heavy atom. The summed E-state index contributed by atoms with van der Waals surface area (Å²) in [6.07, 6.45) is 4.62. The van der Waals surface area contributed by atoms with Crippen molar-refractivity contribution in [2.75, 3.05) is 13.1 Å². The van der Waals surface area contributed by atoms with Gasteiger partial charge in [-0.2, -0.15) is 0 Å². The fourth-order valence-electron chi connectivity index (χ4n) is 2.61. The van der Waals surface area contributed by atoms with Gasteiger partial charge in [0, 0.05) is 26.2 Å². The van der Waals surface area contributed by atoms with Crippen LogP contribution in [0.25, 0.3) is 0 Å². The van der Waals surface area contributed by atoms with E-state index in [1.165, 1.54) is 0 Å². The molecule has 0 saturated carbocycles. The number of Topliss-reactive ketones (excluding diaryl/α,β-unsaturated/α-hetero) is 1. The lowest BCUT2D eigenvalue weighted by Gasteiger charge is -2.15. The zero-order valence-corrected chi connectivity index (χ0v) is 11.1. The number of rotatable bonds is 5. The highest BCUT2D eigenvalue weighted by molar-refractivity contribution is 5.98. The molecule has 0 radical (unpaired) electrons. The van der Waals surface area contributed by atoms with Crippen LogP contribution in [0.1, 0.15) is 36.7 Å². The van der Waals surface area contributed by atoms with Crippen molar-refractivity contribution in [2.24, 2.45) is 13.0 Å². The molecule has 1 unspecified atom stereocenters. The first-order valence-corrected chi connectivity index (χ1v) is 6.54. The monoisotopic (exact) mass is 248 g/mol. The Labute approximate surface area is 108 Å². The van der Waals surface area contributed by atoms with Crippen LogP contribution in [0.5, 0.6) is 0 Å². The lowest BCUT2D eigenvalue weighted by atomic mass is 10.0. The summed E-state index contributed by atoms with van der Waals surface area (Å²) >= 11 is 0. The van der Waals surface area contributed by atoms with Crippen molar-refractivity contribution in [3.63, 3.8) is 0 Å². The lowest BCUT2D eigenvalue weighted by molar-refractivity contribution is -0.127. The SMILES string of the molecule is CCCC1CC(=O)N(CC(=O)c2cccn2C)C1. The molecule has 1 amide bonds. The van der Waals surface area contributed by atoms with Gasteiger partial charge in [0.15, 0.2) is 5.78 Å². The largest absolute Gasteiger partial charge is 0.348 e. The number of carbonyl (C=O) groups is 2. The number of aryl methyl sites for hydroxylation is 1. The third-order valence-electron chi connectivity index (χ3n) is 3.56. The highest BCUT2D eigenvalue weighted by Crippen LogP contribution is 2.22. The minimum absolute atomic E-state index is 0.0213. The molecule has 0 bridgehead atoms. The van der Waals surface area contributed by atoms with Gasteiger partial charge in [0.25, 0.3) is 0 Å². The molecule has 98 valence electrons. The van der Waals surface area contributed by atoms with Crippen LogP contribution in [0.4, 0.5) is 0 Å². The maximum atomic E-state index is 12.1. The Morgan fingerprint density at radius 2 is 2.28 bits per heavy atom. The van der Waals surface area contributed by atoms with Gasteiger partial charge in [-0.3, -0.25) is 9.59 Å². The third-order valence-corrected chi connectivity index (χ3v) is 3.56. The highest BCUT2D eigenvalue weighted by atomic mass is 16.2. The number of hydrogen-bond acceptors (Lipinski definition) is 2. The van der Waals surface area contributed by atoms with Gasteiger partial charge in [-0.15, -0.1) is 0 Å². The predicted octanol–water partition coefficient (Wildman–Crippen LogP) is 1.86. The van der Waals surface area contributed by atoms with Gasteiger partial charge < -0.3 is 9.47 Å². The van der Waals surface area contributed by atoms with Crippen LogP contribution < -0.4 is 0 Å². The first kappa shape index (κ1) is 12.9. The number of ketones is 1.